The lowest BCUT2D eigenvalue weighted by molar-refractivity contribution is 0.106. The van der Waals surface area contributed by atoms with Crippen LogP contribution in [0.3, 0.4) is 0 Å². The molecule has 17 heavy (non-hydrogen) atoms. The third-order valence-electron chi connectivity index (χ3n) is 1.45. The molecule has 0 bridgehead atoms. The molecule has 0 fully saturated rings. The van der Waals surface area contributed by atoms with Crippen LogP contribution in [0, 0.1) is 5.82 Å². The summed E-state index contributed by atoms with van der Waals surface area (Å²) in [5.74, 6) is -0.927. The Morgan fingerprint density at radius 3 is 3.12 bits per heavy atom. The van der Waals surface area contributed by atoms with Gasteiger partial charge in [-0.25, -0.2) is 19.2 Å². The highest BCUT2D eigenvalue weighted by atomic mass is 19.1. The highest BCUT2D eigenvalue weighted by Gasteiger charge is 2.11. The van der Waals surface area contributed by atoms with Crippen LogP contribution in [0.4, 0.5) is 15.0 Å². The Hall–Kier alpha value is -2.31. The van der Waals surface area contributed by atoms with Crippen molar-refractivity contribution >= 4 is 18.2 Å². The lowest BCUT2D eigenvalue weighted by Gasteiger charge is -2.02. The molecule has 1 aromatic heterocycles. The molecule has 1 aromatic rings. The van der Waals surface area contributed by atoms with Crippen molar-refractivity contribution in [2.24, 2.45) is 4.99 Å². The summed E-state index contributed by atoms with van der Waals surface area (Å²) < 4.78 is 22.2. The zero-order chi connectivity index (χ0) is 12.7. The summed E-state index contributed by atoms with van der Waals surface area (Å²) in [6.45, 7) is 4.95. The monoisotopic (exact) mass is 239 g/mol. The van der Waals surface area contributed by atoms with Gasteiger partial charge in [0.25, 0.3) is 0 Å². The van der Waals surface area contributed by atoms with Gasteiger partial charge in [0.1, 0.15) is 6.61 Å². The fourth-order valence-corrected chi connectivity index (χ4v) is 0.835. The normalized spacial score (nSPS) is 10.2. The van der Waals surface area contributed by atoms with Gasteiger partial charge in [0.2, 0.25) is 0 Å². The lowest BCUT2D eigenvalue weighted by Crippen LogP contribution is -2.12. The van der Waals surface area contributed by atoms with Crippen molar-refractivity contribution in [3.63, 3.8) is 0 Å². The Morgan fingerprint density at radius 2 is 2.47 bits per heavy atom. The Labute approximate surface area is 96.8 Å². The molecule has 0 saturated carbocycles. The molecule has 0 aliphatic carbocycles. The van der Waals surface area contributed by atoms with E-state index in [1.807, 2.05) is 0 Å². The van der Waals surface area contributed by atoms with Crippen LogP contribution in [0.25, 0.3) is 0 Å². The number of hydrogen-bond acceptors (Lipinski definition) is 6. The van der Waals surface area contributed by atoms with E-state index in [9.17, 15) is 9.18 Å². The number of aromatic nitrogens is 2. The van der Waals surface area contributed by atoms with Gasteiger partial charge in [-0.1, -0.05) is 12.7 Å². The molecule has 0 aliphatic rings. The molecule has 0 N–H and O–H groups in total. The maximum Gasteiger partial charge on any atom is 0.516 e. The summed E-state index contributed by atoms with van der Waals surface area (Å²) in [6.07, 6.45) is 2.58. The number of carbonyl (C=O) groups is 1. The summed E-state index contributed by atoms with van der Waals surface area (Å²) in [6, 6.07) is -0.332. The SMILES string of the molecule is C=CCOC(=O)Oc1ncc(F)c(/N=C/C)n1. The predicted molar refractivity (Wildman–Crippen MR) is 58.0 cm³/mol. The number of carbonyl (C=O) groups excluding carboxylic acids is 1. The number of nitrogens with zero attached hydrogens (tertiary/aromatic N) is 3. The van der Waals surface area contributed by atoms with Crippen molar-refractivity contribution in [1.29, 1.82) is 0 Å². The molecule has 1 heterocycles. The molecule has 0 aromatic carbocycles. The molecule has 0 spiro atoms. The van der Waals surface area contributed by atoms with Crippen LogP contribution in [-0.2, 0) is 4.74 Å². The third kappa shape index (κ3) is 3.98. The first-order valence-electron chi connectivity index (χ1n) is 4.64. The van der Waals surface area contributed by atoms with Crippen molar-refractivity contribution in [2.45, 2.75) is 6.92 Å². The second kappa shape index (κ2) is 6.31. The Balaban J connectivity index is 2.75. The average Bonchev–Trinajstić information content (AvgIpc) is 2.31. The van der Waals surface area contributed by atoms with Crippen LogP contribution >= 0.6 is 0 Å². The van der Waals surface area contributed by atoms with Crippen molar-refractivity contribution < 1.29 is 18.7 Å². The summed E-state index contributed by atoms with van der Waals surface area (Å²) in [5.41, 5.74) is 0. The minimum Gasteiger partial charge on any atom is -0.430 e. The van der Waals surface area contributed by atoms with Gasteiger partial charge in [0.05, 0.1) is 6.20 Å². The highest BCUT2D eigenvalue weighted by molar-refractivity contribution is 5.63. The Kier molecular flexibility index (Phi) is 4.74. The van der Waals surface area contributed by atoms with Crippen LogP contribution in [0.5, 0.6) is 6.01 Å². The fraction of sp³-hybridized carbons (Fsp3) is 0.200. The highest BCUT2D eigenvalue weighted by Crippen LogP contribution is 2.16. The van der Waals surface area contributed by atoms with E-state index in [4.69, 9.17) is 0 Å². The van der Waals surface area contributed by atoms with Gasteiger partial charge in [0, 0.05) is 6.21 Å². The maximum atomic E-state index is 13.1. The molecule has 0 amide bonds. The van der Waals surface area contributed by atoms with E-state index in [0.717, 1.165) is 6.20 Å². The zero-order valence-electron chi connectivity index (χ0n) is 9.09. The smallest absolute Gasteiger partial charge is 0.430 e. The van der Waals surface area contributed by atoms with Gasteiger partial charge in [0.15, 0.2) is 11.6 Å². The van der Waals surface area contributed by atoms with E-state index in [1.54, 1.807) is 6.92 Å². The van der Waals surface area contributed by atoms with Gasteiger partial charge in [-0.15, -0.1) is 0 Å². The number of rotatable bonds is 4. The molecule has 0 atom stereocenters. The molecule has 7 heteroatoms. The van der Waals surface area contributed by atoms with Gasteiger partial charge < -0.3 is 9.47 Å². The summed E-state index contributed by atoms with van der Waals surface area (Å²) >= 11 is 0. The van der Waals surface area contributed by atoms with Crippen LogP contribution < -0.4 is 4.74 Å². The van der Waals surface area contributed by atoms with Crippen LogP contribution in [-0.4, -0.2) is 28.9 Å². The lowest BCUT2D eigenvalue weighted by atomic mass is 10.5. The van der Waals surface area contributed by atoms with E-state index in [1.165, 1.54) is 12.3 Å². The standard InChI is InChI=1S/C10H10FN3O3/c1-3-5-16-10(15)17-9-13-6-7(11)8(14-9)12-4-2/h3-4,6H,1,5H2,2H3/b12-4+. The number of ether oxygens (including phenoxy) is 2. The van der Waals surface area contributed by atoms with E-state index >= 15 is 0 Å². The first-order chi connectivity index (χ1) is 8.17. The average molecular weight is 239 g/mol. The molecule has 6 nitrogen and oxygen atoms in total. The van der Waals surface area contributed by atoms with Gasteiger partial charge in [-0.2, -0.15) is 4.98 Å². The molecule has 1 rings (SSSR count). The van der Waals surface area contributed by atoms with Gasteiger partial charge in [-0.3, -0.25) is 0 Å². The number of aliphatic imine (C=N–C) groups is 1. The molecule has 0 unspecified atom stereocenters. The summed E-state index contributed by atoms with van der Waals surface area (Å²) in [7, 11) is 0. The second-order valence-electron chi connectivity index (χ2n) is 2.66. The third-order valence-corrected chi connectivity index (χ3v) is 1.45. The van der Waals surface area contributed by atoms with Crippen LogP contribution in [0.2, 0.25) is 0 Å². The predicted octanol–water partition coefficient (Wildman–Crippen LogP) is 2.04. The van der Waals surface area contributed by atoms with Crippen LogP contribution in [0.15, 0.2) is 23.8 Å². The van der Waals surface area contributed by atoms with E-state index in [2.05, 4.69) is 31.0 Å². The van der Waals surface area contributed by atoms with Gasteiger partial charge >= 0.3 is 12.2 Å². The van der Waals surface area contributed by atoms with E-state index in [0.29, 0.717) is 0 Å². The molecule has 0 aliphatic heterocycles. The quantitative estimate of drug-likeness (QED) is 0.456. The first kappa shape index (κ1) is 12.8. The van der Waals surface area contributed by atoms with E-state index in [-0.39, 0.29) is 18.4 Å². The fourth-order valence-electron chi connectivity index (χ4n) is 0.835. The molecule has 0 saturated heterocycles. The first-order valence-corrected chi connectivity index (χ1v) is 4.64. The number of hydrogen-bond donors (Lipinski definition) is 0. The molecular formula is C10H10FN3O3. The van der Waals surface area contributed by atoms with Crippen molar-refractivity contribution in [1.82, 2.24) is 9.97 Å². The molecule has 90 valence electrons. The molecular weight excluding hydrogens is 229 g/mol. The minimum absolute atomic E-state index is 0.00000205. The largest absolute Gasteiger partial charge is 0.516 e. The maximum absolute atomic E-state index is 13.1. The second-order valence-corrected chi connectivity index (χ2v) is 2.66. The topological polar surface area (TPSA) is 73.7 Å². The Morgan fingerprint density at radius 1 is 1.71 bits per heavy atom. The van der Waals surface area contributed by atoms with Crippen LogP contribution in [0.1, 0.15) is 6.92 Å². The number of halogens is 1. The summed E-state index contributed by atoms with van der Waals surface area (Å²) in [5, 5.41) is 0. The summed E-state index contributed by atoms with van der Waals surface area (Å²) in [4.78, 5) is 21.7. The zero-order valence-corrected chi connectivity index (χ0v) is 9.09. The molecule has 0 radical (unpaired) electrons. The van der Waals surface area contributed by atoms with Crippen molar-refractivity contribution in [3.05, 3.63) is 24.7 Å². The van der Waals surface area contributed by atoms with Gasteiger partial charge in [-0.05, 0) is 6.92 Å². The van der Waals surface area contributed by atoms with E-state index < -0.39 is 12.0 Å². The van der Waals surface area contributed by atoms with Crippen molar-refractivity contribution in [2.75, 3.05) is 6.61 Å². The Bertz CT molecular complexity index is 448. The minimum atomic E-state index is -0.997. The van der Waals surface area contributed by atoms with Crippen molar-refractivity contribution in [3.8, 4) is 6.01 Å².